The van der Waals surface area contributed by atoms with Gasteiger partial charge in [0, 0.05) is 11.8 Å². The van der Waals surface area contributed by atoms with E-state index in [1.807, 2.05) is 0 Å². The summed E-state index contributed by atoms with van der Waals surface area (Å²) >= 11 is 0. The third kappa shape index (κ3) is 2.48. The Labute approximate surface area is 98.8 Å². The Morgan fingerprint density at radius 3 is 1.93 bits per heavy atom. The summed E-state index contributed by atoms with van der Waals surface area (Å²) in [4.78, 5) is 0. The highest BCUT2D eigenvalue weighted by Gasteiger charge is 2.58. The molecular weight excluding hydrogens is 234 g/mol. The minimum absolute atomic E-state index is 0. The monoisotopic (exact) mass is 253 g/mol. The number of quaternary nitrogens is 1. The molecule has 15 heavy (non-hydrogen) atoms. The summed E-state index contributed by atoms with van der Waals surface area (Å²) in [5.41, 5.74) is 0.440. The minimum Gasteiger partial charge on any atom is -1.00 e. The fourth-order valence-corrected chi connectivity index (χ4v) is 4.32. The van der Waals surface area contributed by atoms with Crippen LogP contribution in [0.5, 0.6) is 0 Å². The van der Waals surface area contributed by atoms with E-state index in [-0.39, 0.29) is 12.4 Å². The van der Waals surface area contributed by atoms with Gasteiger partial charge in [0.05, 0.1) is 37.7 Å². The predicted molar refractivity (Wildman–Crippen MR) is 56.8 cm³/mol. The fourth-order valence-electron chi connectivity index (χ4n) is 2.72. The lowest BCUT2D eigenvalue weighted by atomic mass is 10.1. The Balaban J connectivity index is 0.00000112. The molecule has 0 N–H and O–H groups in total. The second-order valence-corrected chi connectivity index (χ2v) is 8.09. The molecular formula is C10H20ClNO2S. The van der Waals surface area contributed by atoms with Crippen LogP contribution in [0.25, 0.3) is 0 Å². The predicted octanol–water partition coefficient (Wildman–Crippen LogP) is -2.34. The Hall–Kier alpha value is 0.200. The number of hydrogen-bond acceptors (Lipinski definition) is 2. The molecule has 0 bridgehead atoms. The van der Waals surface area contributed by atoms with Gasteiger partial charge in [-0.2, -0.15) is 0 Å². The maximum Gasteiger partial charge on any atom is 0.161 e. The highest BCUT2D eigenvalue weighted by Crippen LogP contribution is 2.51. The summed E-state index contributed by atoms with van der Waals surface area (Å²) in [6, 6.07) is 0.693. The summed E-state index contributed by atoms with van der Waals surface area (Å²) in [6.07, 6.45) is 1.25. The molecule has 1 saturated carbocycles. The lowest BCUT2D eigenvalue weighted by Crippen LogP contribution is -3.00. The van der Waals surface area contributed by atoms with Crippen molar-refractivity contribution in [2.75, 3.05) is 31.6 Å². The molecule has 1 aliphatic heterocycles. The normalized spacial score (nSPS) is 35.3. The smallest absolute Gasteiger partial charge is 0.161 e. The molecule has 1 saturated heterocycles. The van der Waals surface area contributed by atoms with Crippen molar-refractivity contribution in [1.82, 2.24) is 0 Å². The quantitative estimate of drug-likeness (QED) is 0.491. The number of rotatable bonds is 1. The molecule has 2 rings (SSSR count). The Morgan fingerprint density at radius 2 is 1.60 bits per heavy atom. The van der Waals surface area contributed by atoms with Gasteiger partial charge in [-0.3, -0.25) is 0 Å². The summed E-state index contributed by atoms with van der Waals surface area (Å²) in [5.74, 6) is 0.770. The molecule has 2 aliphatic rings. The molecule has 90 valence electrons. The minimum atomic E-state index is -2.71. The standard InChI is InChI=1S/C10H20NO2S.ClH/c1-10(2)8-9(10)11(3)4-6-14(12,13)7-5-11;/h9H,4-8H2,1-3H3;1H/q+1;/p-1. The van der Waals surface area contributed by atoms with Crippen molar-refractivity contribution in [3.05, 3.63) is 0 Å². The van der Waals surface area contributed by atoms with Crippen LogP contribution in [-0.4, -0.2) is 50.6 Å². The largest absolute Gasteiger partial charge is 1.00 e. The van der Waals surface area contributed by atoms with Crippen LogP contribution >= 0.6 is 0 Å². The van der Waals surface area contributed by atoms with E-state index in [0.29, 0.717) is 23.0 Å². The molecule has 1 heterocycles. The lowest BCUT2D eigenvalue weighted by molar-refractivity contribution is -0.919. The molecule has 5 heteroatoms. The van der Waals surface area contributed by atoms with Crippen LogP contribution in [0.1, 0.15) is 20.3 Å². The first-order chi connectivity index (χ1) is 6.25. The van der Waals surface area contributed by atoms with Crippen molar-refractivity contribution < 1.29 is 25.3 Å². The zero-order valence-corrected chi connectivity index (χ0v) is 11.2. The molecule has 3 nitrogen and oxygen atoms in total. The van der Waals surface area contributed by atoms with Crippen LogP contribution in [-0.2, 0) is 9.84 Å². The summed E-state index contributed by atoms with van der Waals surface area (Å²) in [7, 11) is -0.496. The Morgan fingerprint density at radius 1 is 1.20 bits per heavy atom. The van der Waals surface area contributed by atoms with E-state index >= 15 is 0 Å². The molecule has 0 aromatic rings. The third-order valence-corrected chi connectivity index (χ3v) is 5.65. The van der Waals surface area contributed by atoms with E-state index in [1.165, 1.54) is 6.42 Å². The van der Waals surface area contributed by atoms with Crippen molar-refractivity contribution >= 4 is 9.84 Å². The van der Waals surface area contributed by atoms with Gasteiger partial charge in [-0.1, -0.05) is 13.8 Å². The Kier molecular flexibility index (Phi) is 3.19. The zero-order valence-electron chi connectivity index (χ0n) is 9.66. The van der Waals surface area contributed by atoms with E-state index in [0.717, 1.165) is 17.6 Å². The lowest BCUT2D eigenvalue weighted by Gasteiger charge is -2.39. The average Bonchev–Trinajstić information content (AvgIpc) is 2.68. The molecule has 1 atom stereocenters. The van der Waals surface area contributed by atoms with Gasteiger partial charge in [-0.05, 0) is 0 Å². The zero-order chi connectivity index (χ0) is 10.6. The van der Waals surface area contributed by atoms with Gasteiger partial charge >= 0.3 is 0 Å². The molecule has 0 radical (unpaired) electrons. The second kappa shape index (κ2) is 3.60. The first kappa shape index (κ1) is 13.3. The summed E-state index contributed by atoms with van der Waals surface area (Å²) in [5, 5.41) is 0. The molecule has 1 unspecified atom stereocenters. The number of halogens is 1. The van der Waals surface area contributed by atoms with E-state index in [2.05, 4.69) is 20.9 Å². The van der Waals surface area contributed by atoms with Crippen LogP contribution in [0.15, 0.2) is 0 Å². The van der Waals surface area contributed by atoms with Gasteiger partial charge in [-0.25, -0.2) is 8.42 Å². The van der Waals surface area contributed by atoms with Crippen LogP contribution in [0.2, 0.25) is 0 Å². The molecule has 0 amide bonds. The van der Waals surface area contributed by atoms with Crippen molar-refractivity contribution in [2.24, 2.45) is 5.41 Å². The first-order valence-electron chi connectivity index (χ1n) is 5.30. The van der Waals surface area contributed by atoms with Crippen LogP contribution in [0.4, 0.5) is 0 Å². The van der Waals surface area contributed by atoms with Gasteiger partial charge in [0.15, 0.2) is 9.84 Å². The molecule has 1 aliphatic carbocycles. The van der Waals surface area contributed by atoms with Crippen molar-refractivity contribution in [2.45, 2.75) is 26.3 Å². The average molecular weight is 254 g/mol. The number of sulfone groups is 1. The highest BCUT2D eigenvalue weighted by molar-refractivity contribution is 7.91. The summed E-state index contributed by atoms with van der Waals surface area (Å²) in [6.45, 7) is 6.20. The topological polar surface area (TPSA) is 34.1 Å². The number of nitrogens with zero attached hydrogens (tertiary/aromatic N) is 1. The van der Waals surface area contributed by atoms with Gasteiger partial charge in [0.1, 0.15) is 0 Å². The van der Waals surface area contributed by atoms with Crippen LogP contribution in [0, 0.1) is 5.41 Å². The molecule has 0 aromatic heterocycles. The van der Waals surface area contributed by atoms with Crippen molar-refractivity contribution in [1.29, 1.82) is 0 Å². The number of hydrogen-bond donors (Lipinski definition) is 0. The van der Waals surface area contributed by atoms with Crippen molar-refractivity contribution in [3.63, 3.8) is 0 Å². The van der Waals surface area contributed by atoms with E-state index in [1.54, 1.807) is 0 Å². The van der Waals surface area contributed by atoms with Gasteiger partial charge in [-0.15, -0.1) is 0 Å². The SMILES string of the molecule is CC1(C)CC1[N+]1(C)CCS(=O)(=O)CC1.[Cl-]. The molecule has 2 fully saturated rings. The van der Waals surface area contributed by atoms with E-state index in [9.17, 15) is 8.42 Å². The van der Waals surface area contributed by atoms with Crippen molar-refractivity contribution in [3.8, 4) is 0 Å². The van der Waals surface area contributed by atoms with Crippen LogP contribution in [0.3, 0.4) is 0 Å². The van der Waals surface area contributed by atoms with Gasteiger partial charge < -0.3 is 16.9 Å². The fraction of sp³-hybridized carbons (Fsp3) is 1.00. The second-order valence-electron chi connectivity index (χ2n) is 5.79. The molecule has 0 spiro atoms. The van der Waals surface area contributed by atoms with Gasteiger partial charge in [0.2, 0.25) is 0 Å². The first-order valence-corrected chi connectivity index (χ1v) is 7.12. The Bertz CT molecular complexity index is 336. The van der Waals surface area contributed by atoms with Crippen LogP contribution < -0.4 is 12.4 Å². The maximum absolute atomic E-state index is 11.3. The summed E-state index contributed by atoms with van der Waals surface area (Å²) < 4.78 is 23.6. The van der Waals surface area contributed by atoms with E-state index < -0.39 is 9.84 Å². The molecule has 0 aromatic carbocycles. The maximum atomic E-state index is 11.3. The highest BCUT2D eigenvalue weighted by atomic mass is 35.5. The third-order valence-electron chi connectivity index (χ3n) is 4.04. The van der Waals surface area contributed by atoms with E-state index in [4.69, 9.17) is 0 Å². The van der Waals surface area contributed by atoms with Gasteiger partial charge in [0.25, 0.3) is 0 Å².